The second-order valence-corrected chi connectivity index (χ2v) is 4.22. The van der Waals surface area contributed by atoms with E-state index < -0.39 is 6.09 Å². The van der Waals surface area contributed by atoms with Crippen LogP contribution in [0.25, 0.3) is 0 Å². The van der Waals surface area contributed by atoms with Crippen molar-refractivity contribution in [2.45, 2.75) is 12.8 Å². The summed E-state index contributed by atoms with van der Waals surface area (Å²) in [5.74, 6) is 0. The van der Waals surface area contributed by atoms with E-state index in [0.717, 1.165) is 18.5 Å². The molecule has 3 nitrogen and oxygen atoms in total. The van der Waals surface area contributed by atoms with Gasteiger partial charge in [0, 0.05) is 5.69 Å². The van der Waals surface area contributed by atoms with Gasteiger partial charge in [-0.1, -0.05) is 48.5 Å². The molecule has 0 heterocycles. The minimum atomic E-state index is -0.403. The maximum Gasteiger partial charge on any atom is 0.411 e. The van der Waals surface area contributed by atoms with E-state index in [0.29, 0.717) is 6.61 Å². The van der Waals surface area contributed by atoms with E-state index in [1.165, 1.54) is 5.56 Å². The van der Waals surface area contributed by atoms with Crippen molar-refractivity contribution in [3.8, 4) is 0 Å². The highest BCUT2D eigenvalue weighted by Gasteiger charge is 2.02. The number of carbonyl (C=O) groups is 1. The summed E-state index contributed by atoms with van der Waals surface area (Å²) in [6.07, 6.45) is 1.34. The Morgan fingerprint density at radius 1 is 0.947 bits per heavy atom. The first kappa shape index (κ1) is 13.1. The molecule has 1 amide bonds. The van der Waals surface area contributed by atoms with Gasteiger partial charge in [0.25, 0.3) is 0 Å². The molecule has 0 bridgehead atoms. The number of rotatable bonds is 5. The van der Waals surface area contributed by atoms with Crippen molar-refractivity contribution in [3.63, 3.8) is 0 Å². The van der Waals surface area contributed by atoms with Crippen LogP contribution in [0.4, 0.5) is 10.5 Å². The molecular weight excluding hydrogens is 238 g/mol. The van der Waals surface area contributed by atoms with Crippen molar-refractivity contribution in [1.29, 1.82) is 0 Å². The van der Waals surface area contributed by atoms with Crippen LogP contribution in [0.5, 0.6) is 0 Å². The van der Waals surface area contributed by atoms with Crippen molar-refractivity contribution in [2.24, 2.45) is 0 Å². The van der Waals surface area contributed by atoms with Crippen LogP contribution in [-0.2, 0) is 11.2 Å². The van der Waals surface area contributed by atoms with Crippen LogP contribution >= 0.6 is 0 Å². The Bertz CT molecular complexity index is 497. The van der Waals surface area contributed by atoms with Crippen LogP contribution < -0.4 is 5.32 Å². The lowest BCUT2D eigenvalue weighted by Crippen LogP contribution is -2.14. The van der Waals surface area contributed by atoms with E-state index in [1.807, 2.05) is 48.5 Å². The van der Waals surface area contributed by atoms with Gasteiger partial charge in [-0.05, 0) is 30.5 Å². The van der Waals surface area contributed by atoms with Crippen LogP contribution in [-0.4, -0.2) is 12.7 Å². The SMILES string of the molecule is O=C(Nc1ccccc1)OCCCc1ccccc1. The van der Waals surface area contributed by atoms with E-state index in [-0.39, 0.29) is 0 Å². The van der Waals surface area contributed by atoms with Gasteiger partial charge in [-0.2, -0.15) is 0 Å². The van der Waals surface area contributed by atoms with Gasteiger partial charge < -0.3 is 4.74 Å². The van der Waals surface area contributed by atoms with Gasteiger partial charge in [0.15, 0.2) is 0 Å². The van der Waals surface area contributed by atoms with E-state index in [1.54, 1.807) is 0 Å². The summed E-state index contributed by atoms with van der Waals surface area (Å²) in [6.45, 7) is 0.424. The normalized spacial score (nSPS) is 9.89. The summed E-state index contributed by atoms with van der Waals surface area (Å²) in [5, 5.41) is 2.68. The molecule has 0 aliphatic heterocycles. The molecule has 1 N–H and O–H groups in total. The Labute approximate surface area is 113 Å². The summed E-state index contributed by atoms with van der Waals surface area (Å²) in [5.41, 5.74) is 2.00. The van der Waals surface area contributed by atoms with Crippen LogP contribution in [0.15, 0.2) is 60.7 Å². The Morgan fingerprint density at radius 3 is 2.26 bits per heavy atom. The summed E-state index contributed by atoms with van der Waals surface area (Å²) in [4.78, 5) is 11.5. The van der Waals surface area contributed by atoms with Gasteiger partial charge in [-0.3, -0.25) is 5.32 Å². The molecule has 0 unspecified atom stereocenters. The summed E-state index contributed by atoms with van der Waals surface area (Å²) in [6, 6.07) is 19.4. The molecule has 0 atom stereocenters. The summed E-state index contributed by atoms with van der Waals surface area (Å²) >= 11 is 0. The Kier molecular flexibility index (Phi) is 4.99. The summed E-state index contributed by atoms with van der Waals surface area (Å²) < 4.78 is 5.12. The zero-order valence-corrected chi connectivity index (χ0v) is 10.7. The second-order valence-electron chi connectivity index (χ2n) is 4.22. The zero-order chi connectivity index (χ0) is 13.3. The van der Waals surface area contributed by atoms with Crippen molar-refractivity contribution >= 4 is 11.8 Å². The predicted molar refractivity (Wildman–Crippen MR) is 76.2 cm³/mol. The van der Waals surface area contributed by atoms with Crippen molar-refractivity contribution in [1.82, 2.24) is 0 Å². The Morgan fingerprint density at radius 2 is 1.58 bits per heavy atom. The number of anilines is 1. The van der Waals surface area contributed by atoms with E-state index >= 15 is 0 Å². The largest absolute Gasteiger partial charge is 0.449 e. The van der Waals surface area contributed by atoms with Crippen molar-refractivity contribution in [2.75, 3.05) is 11.9 Å². The third-order valence-corrected chi connectivity index (χ3v) is 2.71. The van der Waals surface area contributed by atoms with Crippen LogP contribution in [0.3, 0.4) is 0 Å². The Balaban J connectivity index is 1.65. The third kappa shape index (κ3) is 4.84. The molecule has 3 heteroatoms. The lowest BCUT2D eigenvalue weighted by molar-refractivity contribution is 0.160. The molecule has 0 saturated heterocycles. The molecular formula is C16H17NO2. The fraction of sp³-hybridized carbons (Fsp3) is 0.188. The number of nitrogens with one attached hydrogen (secondary N) is 1. The number of para-hydroxylation sites is 1. The molecule has 0 aliphatic carbocycles. The highest BCUT2D eigenvalue weighted by Crippen LogP contribution is 2.06. The fourth-order valence-corrected chi connectivity index (χ4v) is 1.76. The van der Waals surface area contributed by atoms with E-state index in [9.17, 15) is 4.79 Å². The second kappa shape index (κ2) is 7.21. The number of hydrogen-bond donors (Lipinski definition) is 1. The molecule has 19 heavy (non-hydrogen) atoms. The highest BCUT2D eigenvalue weighted by atomic mass is 16.5. The molecule has 2 rings (SSSR count). The van der Waals surface area contributed by atoms with E-state index in [2.05, 4.69) is 17.4 Å². The zero-order valence-electron chi connectivity index (χ0n) is 10.7. The third-order valence-electron chi connectivity index (χ3n) is 2.71. The average molecular weight is 255 g/mol. The maximum absolute atomic E-state index is 11.5. The van der Waals surface area contributed by atoms with Gasteiger partial charge in [0.1, 0.15) is 0 Å². The first-order valence-electron chi connectivity index (χ1n) is 6.37. The number of hydrogen-bond acceptors (Lipinski definition) is 2. The number of carbonyl (C=O) groups excluding carboxylic acids is 1. The predicted octanol–water partition coefficient (Wildman–Crippen LogP) is 3.87. The molecule has 0 fully saturated rings. The molecule has 2 aromatic carbocycles. The van der Waals surface area contributed by atoms with Gasteiger partial charge in [-0.25, -0.2) is 4.79 Å². The molecule has 98 valence electrons. The minimum Gasteiger partial charge on any atom is -0.449 e. The van der Waals surface area contributed by atoms with Gasteiger partial charge in [0.2, 0.25) is 0 Å². The lowest BCUT2D eigenvalue weighted by Gasteiger charge is -2.06. The van der Waals surface area contributed by atoms with Crippen LogP contribution in [0.2, 0.25) is 0 Å². The summed E-state index contributed by atoms with van der Waals surface area (Å²) in [7, 11) is 0. The standard InChI is InChI=1S/C16H17NO2/c18-16(17-15-11-5-2-6-12-15)19-13-7-10-14-8-3-1-4-9-14/h1-6,8-9,11-12H,7,10,13H2,(H,17,18). The molecule has 0 aromatic heterocycles. The maximum atomic E-state index is 11.5. The molecule has 2 aromatic rings. The topological polar surface area (TPSA) is 38.3 Å². The van der Waals surface area contributed by atoms with Gasteiger partial charge >= 0.3 is 6.09 Å². The molecule has 0 saturated carbocycles. The first-order valence-corrected chi connectivity index (χ1v) is 6.37. The number of benzene rings is 2. The van der Waals surface area contributed by atoms with Crippen LogP contribution in [0, 0.1) is 0 Å². The van der Waals surface area contributed by atoms with Gasteiger partial charge in [0.05, 0.1) is 6.61 Å². The van der Waals surface area contributed by atoms with Crippen molar-refractivity contribution < 1.29 is 9.53 Å². The number of aryl methyl sites for hydroxylation is 1. The highest BCUT2D eigenvalue weighted by molar-refractivity contribution is 5.84. The smallest absolute Gasteiger partial charge is 0.411 e. The van der Waals surface area contributed by atoms with Gasteiger partial charge in [-0.15, -0.1) is 0 Å². The number of amides is 1. The Hall–Kier alpha value is -2.29. The van der Waals surface area contributed by atoms with Crippen LogP contribution in [0.1, 0.15) is 12.0 Å². The fourth-order valence-electron chi connectivity index (χ4n) is 1.76. The minimum absolute atomic E-state index is 0.403. The molecule has 0 spiro atoms. The first-order chi connectivity index (χ1) is 9.34. The monoisotopic (exact) mass is 255 g/mol. The average Bonchev–Trinajstić information content (AvgIpc) is 2.46. The molecule has 0 aliphatic rings. The lowest BCUT2D eigenvalue weighted by atomic mass is 10.1. The van der Waals surface area contributed by atoms with Crippen molar-refractivity contribution in [3.05, 3.63) is 66.2 Å². The number of ether oxygens (including phenoxy) is 1. The molecule has 0 radical (unpaired) electrons. The van der Waals surface area contributed by atoms with E-state index in [4.69, 9.17) is 4.74 Å². The quantitative estimate of drug-likeness (QED) is 0.824.